The number of ether oxygens (including phenoxy) is 1. The van der Waals surface area contributed by atoms with Crippen LogP contribution in [0.2, 0.25) is 5.02 Å². The number of nitrogens with one attached hydrogen (secondary N) is 1. The summed E-state index contributed by atoms with van der Waals surface area (Å²) in [5.74, 6) is 0.249. The van der Waals surface area contributed by atoms with Crippen LogP contribution in [0.4, 0.5) is 0 Å². The van der Waals surface area contributed by atoms with Gasteiger partial charge in [-0.3, -0.25) is 4.79 Å². The number of carbonyl (C=O) groups is 1. The third kappa shape index (κ3) is 4.02. The van der Waals surface area contributed by atoms with Crippen LogP contribution in [0.15, 0.2) is 51.9 Å². The molecular weight excluding hydrogens is 436 g/mol. The summed E-state index contributed by atoms with van der Waals surface area (Å²) in [6, 6.07) is 10.5. The maximum absolute atomic E-state index is 12.7. The Morgan fingerprint density at radius 3 is 3.00 bits per heavy atom. The number of rotatable bonds is 6. The Morgan fingerprint density at radius 1 is 1.28 bits per heavy atom. The van der Waals surface area contributed by atoms with E-state index in [0.717, 1.165) is 17.5 Å². The van der Waals surface area contributed by atoms with Gasteiger partial charge in [-0.05, 0) is 37.1 Å². The number of fused-ring (bicyclic) bond motifs is 1. The van der Waals surface area contributed by atoms with Crippen molar-refractivity contribution in [1.29, 1.82) is 0 Å². The molecule has 32 heavy (non-hydrogen) atoms. The summed E-state index contributed by atoms with van der Waals surface area (Å²) < 4.78 is 13.4. The molecule has 11 heteroatoms. The van der Waals surface area contributed by atoms with Crippen molar-refractivity contribution in [3.05, 3.63) is 58.1 Å². The summed E-state index contributed by atoms with van der Waals surface area (Å²) in [5, 5.41) is 11.7. The second-order valence-electron chi connectivity index (χ2n) is 7.43. The molecule has 5 rings (SSSR count). The summed E-state index contributed by atoms with van der Waals surface area (Å²) in [6.45, 7) is 0.925. The summed E-state index contributed by atoms with van der Waals surface area (Å²) >= 11 is 6.04. The molecule has 0 bridgehead atoms. The monoisotopic (exact) mass is 454 g/mol. The molecule has 164 valence electrons. The van der Waals surface area contributed by atoms with Gasteiger partial charge in [0.15, 0.2) is 5.65 Å². The van der Waals surface area contributed by atoms with Gasteiger partial charge in [0.2, 0.25) is 11.7 Å². The molecule has 1 aliphatic rings. The van der Waals surface area contributed by atoms with Gasteiger partial charge in [-0.25, -0.2) is 13.9 Å². The van der Waals surface area contributed by atoms with Crippen molar-refractivity contribution in [2.75, 3.05) is 13.2 Å². The lowest BCUT2D eigenvalue weighted by Crippen LogP contribution is -2.36. The van der Waals surface area contributed by atoms with Crippen molar-refractivity contribution >= 4 is 23.2 Å². The number of hydrogen-bond donors (Lipinski definition) is 1. The normalized spacial score (nSPS) is 16.0. The van der Waals surface area contributed by atoms with Gasteiger partial charge in [0.05, 0.1) is 11.7 Å². The molecule has 0 spiro atoms. The summed E-state index contributed by atoms with van der Waals surface area (Å²) in [6.07, 6.45) is 3.50. The van der Waals surface area contributed by atoms with Crippen LogP contribution >= 0.6 is 11.6 Å². The fraction of sp³-hybridized carbons (Fsp3) is 0.286. The molecule has 1 amide bonds. The number of aromatic nitrogens is 5. The minimum absolute atomic E-state index is 0.0227. The van der Waals surface area contributed by atoms with Gasteiger partial charge in [0.1, 0.15) is 6.54 Å². The van der Waals surface area contributed by atoms with Crippen molar-refractivity contribution in [3.63, 3.8) is 0 Å². The zero-order valence-electron chi connectivity index (χ0n) is 16.9. The molecule has 1 fully saturated rings. The van der Waals surface area contributed by atoms with Crippen molar-refractivity contribution in [3.8, 4) is 22.8 Å². The van der Waals surface area contributed by atoms with E-state index in [4.69, 9.17) is 20.9 Å². The summed E-state index contributed by atoms with van der Waals surface area (Å²) in [5.41, 5.74) is 1.04. The second kappa shape index (κ2) is 8.56. The molecule has 10 nitrogen and oxygen atoms in total. The smallest absolute Gasteiger partial charge is 0.350 e. The lowest BCUT2D eigenvalue weighted by Gasteiger charge is -2.10. The number of amides is 1. The highest BCUT2D eigenvalue weighted by atomic mass is 35.5. The lowest BCUT2D eigenvalue weighted by atomic mass is 10.2. The van der Waals surface area contributed by atoms with Crippen LogP contribution in [-0.2, 0) is 16.1 Å². The van der Waals surface area contributed by atoms with Crippen molar-refractivity contribution < 1.29 is 14.1 Å². The predicted octanol–water partition coefficient (Wildman–Crippen LogP) is 2.16. The molecule has 3 aromatic heterocycles. The Labute approximate surface area is 186 Å². The number of hydrogen-bond acceptors (Lipinski definition) is 7. The first kappa shape index (κ1) is 20.4. The molecule has 0 radical (unpaired) electrons. The fourth-order valence-corrected chi connectivity index (χ4v) is 3.80. The number of pyridine rings is 1. The lowest BCUT2D eigenvalue weighted by molar-refractivity contribution is -0.122. The van der Waals surface area contributed by atoms with E-state index in [-0.39, 0.29) is 24.4 Å². The Hall–Kier alpha value is -3.50. The number of halogens is 1. The van der Waals surface area contributed by atoms with Crippen molar-refractivity contribution in [1.82, 2.24) is 29.6 Å². The van der Waals surface area contributed by atoms with Crippen molar-refractivity contribution in [2.45, 2.75) is 25.5 Å². The van der Waals surface area contributed by atoms with Crippen LogP contribution in [0.25, 0.3) is 28.5 Å². The van der Waals surface area contributed by atoms with Crippen molar-refractivity contribution in [2.24, 2.45) is 0 Å². The molecule has 0 aliphatic carbocycles. The van der Waals surface area contributed by atoms with Crippen LogP contribution < -0.4 is 11.0 Å². The molecular formula is C21H19ClN6O4. The first-order valence-electron chi connectivity index (χ1n) is 10.1. The molecule has 1 saturated heterocycles. The average Bonchev–Trinajstić information content (AvgIpc) is 3.54. The van der Waals surface area contributed by atoms with Gasteiger partial charge < -0.3 is 14.6 Å². The van der Waals surface area contributed by atoms with E-state index in [1.54, 1.807) is 36.5 Å². The van der Waals surface area contributed by atoms with E-state index in [1.807, 2.05) is 6.07 Å². The highest BCUT2D eigenvalue weighted by Crippen LogP contribution is 2.25. The zero-order chi connectivity index (χ0) is 22.1. The van der Waals surface area contributed by atoms with Crippen LogP contribution in [0.3, 0.4) is 0 Å². The fourth-order valence-electron chi connectivity index (χ4n) is 3.61. The quantitative estimate of drug-likeness (QED) is 0.474. The second-order valence-corrected chi connectivity index (χ2v) is 7.86. The molecule has 0 saturated carbocycles. The molecule has 1 atom stereocenters. The first-order chi connectivity index (χ1) is 15.6. The highest BCUT2D eigenvalue weighted by molar-refractivity contribution is 6.30. The van der Waals surface area contributed by atoms with E-state index >= 15 is 0 Å². The number of nitrogens with zero attached hydrogens (tertiary/aromatic N) is 5. The summed E-state index contributed by atoms with van der Waals surface area (Å²) in [7, 11) is 0. The SMILES string of the molecule is O=C(Cn1nc2c(-c3nc(-c4cccc(Cl)c4)no3)cccn2c1=O)NCC1CCCO1. The molecule has 1 aliphatic heterocycles. The van der Waals surface area contributed by atoms with Gasteiger partial charge in [-0.1, -0.05) is 28.9 Å². The van der Waals surface area contributed by atoms with E-state index in [2.05, 4.69) is 20.6 Å². The molecule has 1 aromatic carbocycles. The van der Waals surface area contributed by atoms with Crippen LogP contribution in [0.5, 0.6) is 0 Å². The van der Waals surface area contributed by atoms with Crippen LogP contribution in [0.1, 0.15) is 12.8 Å². The van der Waals surface area contributed by atoms with Gasteiger partial charge in [-0.15, -0.1) is 5.10 Å². The Kier molecular flexibility index (Phi) is 5.46. The standard InChI is InChI=1S/C21H19ClN6O4/c22-14-5-1-4-13(10-14)18-24-20(32-26-18)16-7-2-8-27-19(16)25-28(21(27)30)12-17(29)23-11-15-6-3-9-31-15/h1-2,4-5,7-8,10,15H,3,6,9,11-12H2,(H,23,29). The zero-order valence-corrected chi connectivity index (χ0v) is 17.7. The maximum atomic E-state index is 12.7. The van der Waals surface area contributed by atoms with Gasteiger partial charge in [0, 0.05) is 29.9 Å². The van der Waals surface area contributed by atoms with E-state index in [0.29, 0.717) is 40.8 Å². The Morgan fingerprint density at radius 2 is 2.19 bits per heavy atom. The average molecular weight is 455 g/mol. The van der Waals surface area contributed by atoms with Gasteiger partial charge >= 0.3 is 5.69 Å². The number of carbonyl (C=O) groups excluding carboxylic acids is 1. The molecule has 1 N–H and O–H groups in total. The topological polar surface area (TPSA) is 117 Å². The molecule has 1 unspecified atom stereocenters. The van der Waals surface area contributed by atoms with E-state index in [1.165, 1.54) is 4.40 Å². The maximum Gasteiger partial charge on any atom is 0.350 e. The van der Waals surface area contributed by atoms with E-state index in [9.17, 15) is 9.59 Å². The van der Waals surface area contributed by atoms with Crippen LogP contribution in [-0.4, -0.2) is 49.5 Å². The third-order valence-electron chi connectivity index (χ3n) is 5.19. The minimum atomic E-state index is -0.441. The largest absolute Gasteiger partial charge is 0.376 e. The Bertz CT molecular complexity index is 1340. The van der Waals surface area contributed by atoms with Crippen LogP contribution in [0, 0.1) is 0 Å². The predicted molar refractivity (Wildman–Crippen MR) is 115 cm³/mol. The first-order valence-corrected chi connectivity index (χ1v) is 10.5. The van der Waals surface area contributed by atoms with Gasteiger partial charge in [0.25, 0.3) is 5.89 Å². The molecule has 4 heterocycles. The Balaban J connectivity index is 1.40. The number of benzene rings is 1. The third-order valence-corrected chi connectivity index (χ3v) is 5.43. The van der Waals surface area contributed by atoms with E-state index < -0.39 is 5.69 Å². The van der Waals surface area contributed by atoms with Gasteiger partial charge in [-0.2, -0.15) is 4.98 Å². The minimum Gasteiger partial charge on any atom is -0.376 e. The summed E-state index contributed by atoms with van der Waals surface area (Å²) in [4.78, 5) is 29.5. The molecule has 4 aromatic rings. The highest BCUT2D eigenvalue weighted by Gasteiger charge is 2.20.